The molecule has 1 saturated carbocycles. The molecule has 2 unspecified atom stereocenters. The van der Waals surface area contributed by atoms with Crippen molar-refractivity contribution in [2.24, 2.45) is 11.8 Å². The Balaban J connectivity index is 2.62. The molecule has 0 spiro atoms. The largest absolute Gasteiger partial charge is 0.338 e. The molecule has 0 saturated heterocycles. The quantitative estimate of drug-likeness (QED) is 0.635. The van der Waals surface area contributed by atoms with Gasteiger partial charge in [0.15, 0.2) is 0 Å². The van der Waals surface area contributed by atoms with Gasteiger partial charge in [-0.25, -0.2) is 0 Å². The second-order valence-corrected chi connectivity index (χ2v) is 8.39. The topological polar surface area (TPSA) is 40.6 Å². The summed E-state index contributed by atoms with van der Waals surface area (Å²) >= 11 is 0. The second kappa shape index (κ2) is 8.87. The van der Waals surface area contributed by atoms with E-state index in [1.165, 1.54) is 0 Å². The van der Waals surface area contributed by atoms with Gasteiger partial charge in [0.2, 0.25) is 11.8 Å². The first-order valence-electron chi connectivity index (χ1n) is 9.72. The van der Waals surface area contributed by atoms with E-state index in [0.29, 0.717) is 6.04 Å². The van der Waals surface area contributed by atoms with Gasteiger partial charge in [0.05, 0.1) is 0 Å². The first kappa shape index (κ1) is 21.0. The van der Waals surface area contributed by atoms with Crippen LogP contribution in [0.25, 0.3) is 0 Å². The summed E-state index contributed by atoms with van der Waals surface area (Å²) < 4.78 is 0. The highest BCUT2D eigenvalue weighted by atomic mass is 16.2. The Morgan fingerprint density at radius 2 is 1.33 bits per heavy atom. The van der Waals surface area contributed by atoms with E-state index in [9.17, 15) is 9.59 Å². The van der Waals surface area contributed by atoms with Gasteiger partial charge in [0.1, 0.15) is 0 Å². The lowest BCUT2D eigenvalue weighted by atomic mass is 9.98. The molecule has 0 aromatic carbocycles. The van der Waals surface area contributed by atoms with Crippen LogP contribution in [0.1, 0.15) is 81.1 Å². The Morgan fingerprint density at radius 3 is 1.71 bits per heavy atom. The number of rotatable bonds is 9. The van der Waals surface area contributed by atoms with E-state index in [0.717, 1.165) is 25.7 Å². The first-order valence-corrected chi connectivity index (χ1v) is 9.72. The van der Waals surface area contributed by atoms with Crippen LogP contribution in [0.5, 0.6) is 0 Å². The monoisotopic (exact) mass is 338 g/mol. The molecule has 1 fully saturated rings. The van der Waals surface area contributed by atoms with Crippen molar-refractivity contribution in [3.63, 3.8) is 0 Å². The van der Waals surface area contributed by atoms with E-state index in [1.807, 2.05) is 25.7 Å². The summed E-state index contributed by atoms with van der Waals surface area (Å²) in [5.74, 6) is 0.548. The summed E-state index contributed by atoms with van der Waals surface area (Å²) in [7, 11) is 0. The van der Waals surface area contributed by atoms with Gasteiger partial charge in [-0.3, -0.25) is 9.59 Å². The minimum absolute atomic E-state index is 0.00690. The van der Waals surface area contributed by atoms with Crippen LogP contribution in [-0.2, 0) is 9.59 Å². The van der Waals surface area contributed by atoms with Gasteiger partial charge in [0, 0.05) is 36.0 Å². The molecule has 140 valence electrons. The molecule has 0 bridgehead atoms. The van der Waals surface area contributed by atoms with Gasteiger partial charge in [-0.05, 0) is 60.3 Å². The summed E-state index contributed by atoms with van der Waals surface area (Å²) in [6, 6.07) is 1.10. The van der Waals surface area contributed by atoms with E-state index in [2.05, 4.69) is 39.5 Å². The van der Waals surface area contributed by atoms with E-state index in [1.54, 1.807) is 0 Å². The molecule has 2 amide bonds. The highest BCUT2D eigenvalue weighted by Crippen LogP contribution is 2.31. The maximum Gasteiger partial charge on any atom is 0.225 e. The lowest BCUT2D eigenvalue weighted by Crippen LogP contribution is -2.45. The van der Waals surface area contributed by atoms with Crippen molar-refractivity contribution in [3.8, 4) is 0 Å². The van der Waals surface area contributed by atoms with E-state index >= 15 is 0 Å². The fraction of sp³-hybridized carbons (Fsp3) is 0.900. The molecular formula is C20H38N2O2. The standard InChI is InChI=1S/C20H38N2O2/c1-13(2)19(23)22(18-11-12-18)17(8)10-9-16(7)20(24)21(14(3)4)15(5)6/h13-18H,9-12H2,1-8H3. The maximum atomic E-state index is 12.7. The van der Waals surface area contributed by atoms with Crippen LogP contribution in [0.3, 0.4) is 0 Å². The lowest BCUT2D eigenvalue weighted by molar-refractivity contribution is -0.139. The fourth-order valence-corrected chi connectivity index (χ4v) is 3.52. The van der Waals surface area contributed by atoms with E-state index < -0.39 is 0 Å². The van der Waals surface area contributed by atoms with Crippen molar-refractivity contribution in [2.45, 2.75) is 105 Å². The Kier molecular flexibility index (Phi) is 7.75. The highest BCUT2D eigenvalue weighted by Gasteiger charge is 2.36. The summed E-state index contributed by atoms with van der Waals surface area (Å²) in [5.41, 5.74) is 0. The van der Waals surface area contributed by atoms with Gasteiger partial charge in [-0.15, -0.1) is 0 Å². The molecule has 2 atom stereocenters. The molecule has 1 rings (SSSR count). The first-order chi connectivity index (χ1) is 11.1. The number of carbonyl (C=O) groups excluding carboxylic acids is 2. The van der Waals surface area contributed by atoms with Crippen molar-refractivity contribution >= 4 is 11.8 Å². The maximum absolute atomic E-state index is 12.7. The molecule has 4 nitrogen and oxygen atoms in total. The van der Waals surface area contributed by atoms with Crippen molar-refractivity contribution in [1.29, 1.82) is 0 Å². The Morgan fingerprint density at radius 1 is 0.833 bits per heavy atom. The molecule has 0 aliphatic heterocycles. The van der Waals surface area contributed by atoms with Crippen LogP contribution < -0.4 is 0 Å². The van der Waals surface area contributed by atoms with Gasteiger partial charge >= 0.3 is 0 Å². The molecule has 0 aromatic heterocycles. The number of hydrogen-bond donors (Lipinski definition) is 0. The molecular weight excluding hydrogens is 300 g/mol. The van der Waals surface area contributed by atoms with Gasteiger partial charge < -0.3 is 9.80 Å². The van der Waals surface area contributed by atoms with Gasteiger partial charge in [-0.1, -0.05) is 20.8 Å². The molecule has 0 N–H and O–H groups in total. The zero-order valence-corrected chi connectivity index (χ0v) is 17.0. The number of carbonyl (C=O) groups is 2. The molecule has 1 aliphatic carbocycles. The average Bonchev–Trinajstić information content (AvgIpc) is 3.28. The molecule has 4 heteroatoms. The van der Waals surface area contributed by atoms with Crippen molar-refractivity contribution in [2.75, 3.05) is 0 Å². The van der Waals surface area contributed by atoms with Crippen molar-refractivity contribution in [3.05, 3.63) is 0 Å². The van der Waals surface area contributed by atoms with Crippen LogP contribution in [0.2, 0.25) is 0 Å². The Hall–Kier alpha value is -1.06. The van der Waals surface area contributed by atoms with Crippen LogP contribution in [0.4, 0.5) is 0 Å². The SMILES string of the molecule is CC(C)C(=O)N(C(C)CCC(C)C(=O)N(C(C)C)C(C)C)C1CC1. The second-order valence-electron chi connectivity index (χ2n) is 8.39. The van der Waals surface area contributed by atoms with E-state index in [4.69, 9.17) is 0 Å². The number of amides is 2. The smallest absolute Gasteiger partial charge is 0.225 e. The summed E-state index contributed by atoms with van der Waals surface area (Å²) in [4.78, 5) is 29.3. The Bertz CT molecular complexity index is 419. The normalized spacial score (nSPS) is 17.3. The third-order valence-electron chi connectivity index (χ3n) is 4.97. The predicted molar refractivity (Wildman–Crippen MR) is 99.7 cm³/mol. The molecule has 24 heavy (non-hydrogen) atoms. The fourth-order valence-electron chi connectivity index (χ4n) is 3.52. The number of hydrogen-bond acceptors (Lipinski definition) is 2. The molecule has 1 aliphatic rings. The van der Waals surface area contributed by atoms with Crippen LogP contribution in [0, 0.1) is 11.8 Å². The third kappa shape index (κ3) is 5.49. The average molecular weight is 339 g/mol. The molecule has 0 radical (unpaired) electrons. The van der Waals surface area contributed by atoms with Crippen LogP contribution >= 0.6 is 0 Å². The highest BCUT2D eigenvalue weighted by molar-refractivity contribution is 5.79. The van der Waals surface area contributed by atoms with Crippen LogP contribution in [-0.4, -0.2) is 45.8 Å². The summed E-state index contributed by atoms with van der Waals surface area (Å²) in [5, 5.41) is 0. The molecule has 0 aromatic rings. The predicted octanol–water partition coefficient (Wildman–Crippen LogP) is 4.08. The minimum atomic E-state index is 0.00690. The van der Waals surface area contributed by atoms with Crippen molar-refractivity contribution in [1.82, 2.24) is 9.80 Å². The Labute approximate surface area is 149 Å². The number of nitrogens with zero attached hydrogens (tertiary/aromatic N) is 2. The molecule has 0 heterocycles. The van der Waals surface area contributed by atoms with Gasteiger partial charge in [-0.2, -0.15) is 0 Å². The van der Waals surface area contributed by atoms with Gasteiger partial charge in [0.25, 0.3) is 0 Å². The zero-order valence-electron chi connectivity index (χ0n) is 17.0. The van der Waals surface area contributed by atoms with E-state index in [-0.39, 0.29) is 41.8 Å². The lowest BCUT2D eigenvalue weighted by Gasteiger charge is -2.34. The van der Waals surface area contributed by atoms with Crippen LogP contribution in [0.15, 0.2) is 0 Å². The minimum Gasteiger partial charge on any atom is -0.338 e. The summed E-state index contributed by atoms with van der Waals surface area (Å²) in [6.07, 6.45) is 3.99. The zero-order chi connectivity index (χ0) is 18.6. The summed E-state index contributed by atoms with van der Waals surface area (Å²) in [6.45, 7) is 16.4. The third-order valence-corrected chi connectivity index (χ3v) is 4.97. The van der Waals surface area contributed by atoms with Crippen molar-refractivity contribution < 1.29 is 9.59 Å².